The minimum atomic E-state index is -0.836. The van der Waals surface area contributed by atoms with E-state index in [9.17, 15) is 14.4 Å². The summed E-state index contributed by atoms with van der Waals surface area (Å²) in [6, 6.07) is 12.0. The van der Waals surface area contributed by atoms with Crippen molar-refractivity contribution in [2.24, 2.45) is 0 Å². The van der Waals surface area contributed by atoms with E-state index < -0.39 is 17.8 Å². The van der Waals surface area contributed by atoms with Gasteiger partial charge < -0.3 is 4.74 Å². The summed E-state index contributed by atoms with van der Waals surface area (Å²) in [7, 11) is 0. The Hall–Kier alpha value is -3.66. The number of hydrazine groups is 1. The molecule has 0 aliphatic carbocycles. The first-order chi connectivity index (χ1) is 12.1. The molecule has 1 N–H and O–H groups in total. The highest BCUT2D eigenvalue weighted by atomic mass is 16.5. The van der Waals surface area contributed by atoms with E-state index in [1.165, 1.54) is 0 Å². The van der Waals surface area contributed by atoms with Gasteiger partial charge in [0.2, 0.25) is 0 Å². The van der Waals surface area contributed by atoms with E-state index in [-0.39, 0.29) is 12.2 Å². The lowest BCUT2D eigenvalue weighted by molar-refractivity contribution is -0.138. The van der Waals surface area contributed by atoms with Gasteiger partial charge in [-0.2, -0.15) is 10.3 Å². The van der Waals surface area contributed by atoms with Crippen molar-refractivity contribution in [2.45, 2.75) is 6.92 Å². The fourth-order valence-electron chi connectivity index (χ4n) is 2.62. The summed E-state index contributed by atoms with van der Waals surface area (Å²) < 4.78 is 4.73. The van der Waals surface area contributed by atoms with Crippen molar-refractivity contribution in [3.8, 4) is 6.07 Å². The summed E-state index contributed by atoms with van der Waals surface area (Å²) in [5.41, 5.74) is 2.82. The largest absolute Gasteiger partial charge is 0.462 e. The number of esters is 1. The molecule has 0 fully saturated rings. The maximum atomic E-state index is 12.6. The first-order valence-corrected chi connectivity index (χ1v) is 7.52. The van der Waals surface area contributed by atoms with Crippen LogP contribution in [0, 0.1) is 11.3 Å². The van der Waals surface area contributed by atoms with Crippen LogP contribution in [0.2, 0.25) is 0 Å². The Morgan fingerprint density at radius 2 is 1.80 bits per heavy atom. The molecule has 1 heterocycles. The third-order valence-electron chi connectivity index (χ3n) is 3.73. The van der Waals surface area contributed by atoms with Crippen LogP contribution < -0.4 is 5.43 Å². The third-order valence-corrected chi connectivity index (χ3v) is 3.73. The Balaban J connectivity index is 1.98. The van der Waals surface area contributed by atoms with Crippen molar-refractivity contribution < 1.29 is 19.1 Å². The predicted octanol–water partition coefficient (Wildman–Crippen LogP) is 1.91. The second-order valence-electron chi connectivity index (χ2n) is 5.17. The molecule has 0 saturated heterocycles. The van der Waals surface area contributed by atoms with Gasteiger partial charge >= 0.3 is 5.97 Å². The second kappa shape index (κ2) is 6.45. The number of carbonyl (C=O) groups is 3. The van der Waals surface area contributed by atoms with E-state index in [1.54, 1.807) is 37.3 Å². The van der Waals surface area contributed by atoms with Gasteiger partial charge in [0.1, 0.15) is 6.07 Å². The smallest absolute Gasteiger partial charge is 0.350 e. The van der Waals surface area contributed by atoms with Gasteiger partial charge in [0, 0.05) is 11.6 Å². The fraction of sp³-hybridized carbons (Fsp3) is 0.111. The van der Waals surface area contributed by atoms with Gasteiger partial charge in [-0.25, -0.2) is 4.79 Å². The van der Waals surface area contributed by atoms with Crippen molar-refractivity contribution in [3.63, 3.8) is 0 Å². The molecule has 2 aromatic carbocycles. The number of imide groups is 1. The van der Waals surface area contributed by atoms with Crippen LogP contribution in [-0.4, -0.2) is 29.4 Å². The zero-order chi connectivity index (χ0) is 18.0. The SMILES string of the molecule is CCOC(=O)/C(C#N)=C/NN1C(=O)c2cccc3cccc(c23)C1=O. The Kier molecular flexibility index (Phi) is 4.18. The molecule has 1 aliphatic rings. The molecule has 2 amide bonds. The van der Waals surface area contributed by atoms with Crippen LogP contribution in [0.3, 0.4) is 0 Å². The highest BCUT2D eigenvalue weighted by molar-refractivity contribution is 6.25. The number of hydrogen-bond acceptors (Lipinski definition) is 6. The van der Waals surface area contributed by atoms with Gasteiger partial charge in [-0.3, -0.25) is 15.0 Å². The second-order valence-corrected chi connectivity index (χ2v) is 5.17. The number of benzene rings is 2. The van der Waals surface area contributed by atoms with E-state index in [1.807, 2.05) is 12.1 Å². The molecule has 2 aromatic rings. The topological polar surface area (TPSA) is 99.5 Å². The minimum absolute atomic E-state index is 0.106. The van der Waals surface area contributed by atoms with Crippen LogP contribution in [0.5, 0.6) is 0 Å². The van der Waals surface area contributed by atoms with Crippen molar-refractivity contribution in [1.82, 2.24) is 10.4 Å². The summed E-state index contributed by atoms with van der Waals surface area (Å²) in [5, 5.41) is 11.2. The quantitative estimate of drug-likeness (QED) is 0.396. The van der Waals surface area contributed by atoms with Gasteiger partial charge in [-0.1, -0.05) is 24.3 Å². The van der Waals surface area contributed by atoms with Crippen LogP contribution in [-0.2, 0) is 9.53 Å². The summed E-state index contributed by atoms with van der Waals surface area (Å²) in [6.45, 7) is 1.71. The third kappa shape index (κ3) is 2.70. The van der Waals surface area contributed by atoms with Crippen LogP contribution in [0.25, 0.3) is 10.8 Å². The van der Waals surface area contributed by atoms with Gasteiger partial charge in [-0.05, 0) is 24.4 Å². The number of nitrogens with zero attached hydrogens (tertiary/aromatic N) is 2. The van der Waals surface area contributed by atoms with Crippen LogP contribution in [0.1, 0.15) is 27.6 Å². The number of ether oxygens (including phenoxy) is 1. The molecule has 7 nitrogen and oxygen atoms in total. The summed E-state index contributed by atoms with van der Waals surface area (Å²) in [5.74, 6) is -1.96. The normalized spacial score (nSPS) is 13.6. The van der Waals surface area contributed by atoms with Crippen LogP contribution >= 0.6 is 0 Å². The summed E-state index contributed by atoms with van der Waals surface area (Å²) in [4.78, 5) is 36.9. The van der Waals surface area contributed by atoms with E-state index >= 15 is 0 Å². The van der Waals surface area contributed by atoms with Gasteiger partial charge in [0.15, 0.2) is 5.57 Å². The average Bonchev–Trinajstić information content (AvgIpc) is 2.62. The van der Waals surface area contributed by atoms with Crippen molar-refractivity contribution >= 4 is 28.6 Å². The number of nitrogens with one attached hydrogen (secondary N) is 1. The maximum absolute atomic E-state index is 12.6. The molecule has 25 heavy (non-hydrogen) atoms. The number of nitriles is 1. The number of rotatable bonds is 4. The molecule has 0 atom stereocenters. The van der Waals surface area contributed by atoms with Crippen LogP contribution in [0.4, 0.5) is 0 Å². The Bertz CT molecular complexity index is 921. The predicted molar refractivity (Wildman–Crippen MR) is 87.9 cm³/mol. The van der Waals surface area contributed by atoms with Crippen molar-refractivity contribution in [1.29, 1.82) is 5.26 Å². The fourth-order valence-corrected chi connectivity index (χ4v) is 2.62. The molecule has 7 heteroatoms. The average molecular weight is 335 g/mol. The standard InChI is InChI=1S/C18H13N3O4/c1-2-25-18(24)12(9-19)10-20-21-16(22)13-7-3-5-11-6-4-8-14(15(11)13)17(21)23/h3-8,10,20H,2H2,1H3/b12-10+. The maximum Gasteiger partial charge on any atom is 0.350 e. The zero-order valence-electron chi connectivity index (χ0n) is 13.3. The van der Waals surface area contributed by atoms with Crippen molar-refractivity contribution in [2.75, 3.05) is 6.61 Å². The van der Waals surface area contributed by atoms with E-state index in [2.05, 4.69) is 5.43 Å². The molecular formula is C18H13N3O4. The van der Waals surface area contributed by atoms with Crippen LogP contribution in [0.15, 0.2) is 48.2 Å². The molecular weight excluding hydrogens is 322 g/mol. The Morgan fingerprint density at radius 3 is 2.32 bits per heavy atom. The molecule has 0 saturated carbocycles. The molecule has 0 unspecified atom stereocenters. The van der Waals surface area contributed by atoms with Crippen molar-refractivity contribution in [3.05, 3.63) is 59.3 Å². The van der Waals surface area contributed by atoms with E-state index in [0.29, 0.717) is 16.5 Å². The molecule has 124 valence electrons. The lowest BCUT2D eigenvalue weighted by atomic mass is 9.95. The van der Waals surface area contributed by atoms with E-state index in [0.717, 1.165) is 16.6 Å². The molecule has 1 aliphatic heterocycles. The molecule has 0 spiro atoms. The lowest BCUT2D eigenvalue weighted by Gasteiger charge is -2.26. The first-order valence-electron chi connectivity index (χ1n) is 7.52. The first kappa shape index (κ1) is 16.2. The van der Waals surface area contributed by atoms with Gasteiger partial charge in [0.25, 0.3) is 11.8 Å². The zero-order valence-corrected chi connectivity index (χ0v) is 13.3. The summed E-state index contributed by atoms with van der Waals surface area (Å²) >= 11 is 0. The lowest BCUT2D eigenvalue weighted by Crippen LogP contribution is -2.47. The molecule has 0 bridgehead atoms. The highest BCUT2D eigenvalue weighted by Crippen LogP contribution is 2.29. The van der Waals surface area contributed by atoms with E-state index in [4.69, 9.17) is 10.00 Å². The number of amides is 2. The Morgan fingerprint density at radius 1 is 1.20 bits per heavy atom. The molecule has 0 aromatic heterocycles. The van der Waals surface area contributed by atoms with Gasteiger partial charge in [0.05, 0.1) is 17.7 Å². The molecule has 0 radical (unpaired) electrons. The Labute approximate surface area is 143 Å². The summed E-state index contributed by atoms with van der Waals surface area (Å²) in [6.07, 6.45) is 0.988. The number of carbonyl (C=O) groups excluding carboxylic acids is 3. The minimum Gasteiger partial charge on any atom is -0.462 e. The highest BCUT2D eigenvalue weighted by Gasteiger charge is 2.32. The van der Waals surface area contributed by atoms with Gasteiger partial charge in [-0.15, -0.1) is 0 Å². The molecule has 3 rings (SSSR count). The number of hydrogen-bond donors (Lipinski definition) is 1. The monoisotopic (exact) mass is 335 g/mol.